The van der Waals surface area contributed by atoms with Gasteiger partial charge in [-0.3, -0.25) is 0 Å². The van der Waals surface area contributed by atoms with Crippen LogP contribution >= 0.6 is 0 Å². The summed E-state index contributed by atoms with van der Waals surface area (Å²) in [4.78, 5) is 11.1. The number of benzene rings is 1. The lowest BCUT2D eigenvalue weighted by atomic mass is 10.0. The zero-order valence-corrected chi connectivity index (χ0v) is 13.0. The number of ether oxygens (including phenoxy) is 1. The van der Waals surface area contributed by atoms with E-state index in [2.05, 4.69) is 6.58 Å². The van der Waals surface area contributed by atoms with Crippen LogP contribution in [0.3, 0.4) is 0 Å². The van der Waals surface area contributed by atoms with Crippen molar-refractivity contribution in [2.45, 2.75) is 45.4 Å². The summed E-state index contributed by atoms with van der Waals surface area (Å²) in [7, 11) is 0. The molecule has 0 saturated heterocycles. The summed E-state index contributed by atoms with van der Waals surface area (Å²) in [6, 6.07) is 2.93. The van der Waals surface area contributed by atoms with Crippen molar-refractivity contribution in [3.8, 4) is 17.2 Å². The molecule has 0 aliphatic carbocycles. The molecule has 3 N–H and O–H groups in total. The number of carbonyl (C=O) groups excluding carboxylic acids is 1. The van der Waals surface area contributed by atoms with E-state index in [4.69, 9.17) is 4.74 Å². The molecule has 0 radical (unpaired) electrons. The lowest BCUT2D eigenvalue weighted by Gasteiger charge is -2.06. The quantitative estimate of drug-likeness (QED) is 0.282. The number of aromatic hydroxyl groups is 3. The van der Waals surface area contributed by atoms with E-state index in [1.54, 1.807) is 6.92 Å². The second-order valence-corrected chi connectivity index (χ2v) is 5.42. The molecule has 1 rings (SSSR count). The number of esters is 1. The molecule has 122 valence electrons. The fourth-order valence-corrected chi connectivity index (χ4v) is 2.05. The van der Waals surface area contributed by atoms with Crippen molar-refractivity contribution in [2.75, 3.05) is 6.61 Å². The van der Waals surface area contributed by atoms with Gasteiger partial charge in [-0.1, -0.05) is 25.8 Å². The van der Waals surface area contributed by atoms with E-state index in [-0.39, 0.29) is 17.5 Å². The molecule has 5 heteroatoms. The molecule has 0 amide bonds. The van der Waals surface area contributed by atoms with Crippen molar-refractivity contribution in [2.24, 2.45) is 0 Å². The summed E-state index contributed by atoms with van der Waals surface area (Å²) in [6.45, 7) is 5.56. The number of hydrogen-bond acceptors (Lipinski definition) is 5. The van der Waals surface area contributed by atoms with Gasteiger partial charge in [0.25, 0.3) is 0 Å². The molecule has 0 bridgehead atoms. The Morgan fingerprint density at radius 3 is 2.18 bits per heavy atom. The third kappa shape index (κ3) is 6.08. The van der Waals surface area contributed by atoms with Crippen LogP contribution in [0.2, 0.25) is 0 Å². The Labute approximate surface area is 130 Å². The Morgan fingerprint density at radius 1 is 1.05 bits per heavy atom. The van der Waals surface area contributed by atoms with E-state index in [9.17, 15) is 20.1 Å². The van der Waals surface area contributed by atoms with Crippen LogP contribution in [-0.4, -0.2) is 27.9 Å². The summed E-state index contributed by atoms with van der Waals surface area (Å²) in [5.41, 5.74) is 1.21. The fourth-order valence-electron chi connectivity index (χ4n) is 2.05. The molecule has 0 spiro atoms. The first-order valence-electron chi connectivity index (χ1n) is 7.48. The first-order chi connectivity index (χ1) is 10.4. The molecule has 1 aromatic rings. The fraction of sp³-hybridized carbons (Fsp3) is 0.471. The topological polar surface area (TPSA) is 87.0 Å². The van der Waals surface area contributed by atoms with Gasteiger partial charge >= 0.3 is 5.97 Å². The minimum absolute atomic E-state index is 0.297. The summed E-state index contributed by atoms with van der Waals surface area (Å²) in [5.74, 6) is -1.41. The molecule has 0 fully saturated rings. The van der Waals surface area contributed by atoms with Crippen LogP contribution in [0.15, 0.2) is 24.3 Å². The van der Waals surface area contributed by atoms with Crippen molar-refractivity contribution in [1.82, 2.24) is 0 Å². The van der Waals surface area contributed by atoms with E-state index in [0.717, 1.165) is 44.1 Å². The third-order valence-corrected chi connectivity index (χ3v) is 3.32. The van der Waals surface area contributed by atoms with Gasteiger partial charge in [0, 0.05) is 5.57 Å². The lowest BCUT2D eigenvalue weighted by molar-refractivity contribution is -0.139. The average Bonchev–Trinajstić information content (AvgIpc) is 2.46. The molecule has 0 saturated carbocycles. The van der Waals surface area contributed by atoms with Crippen LogP contribution in [0.1, 0.15) is 44.6 Å². The molecule has 0 unspecified atom stereocenters. The maximum absolute atomic E-state index is 11.1. The second-order valence-electron chi connectivity index (χ2n) is 5.42. The normalized spacial score (nSPS) is 10.4. The van der Waals surface area contributed by atoms with Crippen molar-refractivity contribution in [3.63, 3.8) is 0 Å². The highest BCUT2D eigenvalue weighted by atomic mass is 16.5. The number of carbonyl (C=O) groups is 1. The van der Waals surface area contributed by atoms with E-state index >= 15 is 0 Å². The molecule has 22 heavy (non-hydrogen) atoms. The van der Waals surface area contributed by atoms with E-state index in [1.807, 2.05) is 0 Å². The highest BCUT2D eigenvalue weighted by Gasteiger charge is 2.07. The number of phenols is 3. The largest absolute Gasteiger partial charge is 0.504 e. The zero-order valence-electron chi connectivity index (χ0n) is 13.0. The predicted octanol–water partition coefficient (Wildman–Crippen LogP) is 3.42. The standard InChI is InChI=1S/C17H24O5/c1-12(2)17(21)22-9-7-5-3-4-6-8-13-10-14(18)16(20)15(19)11-13/h10-11,18-20H,1,3-9H2,2H3. The number of phenolic OH excluding ortho intramolecular Hbond substituents is 3. The number of unbranched alkanes of at least 4 members (excludes halogenated alkanes) is 4. The van der Waals surface area contributed by atoms with Gasteiger partial charge in [0.2, 0.25) is 0 Å². The summed E-state index contributed by atoms with van der Waals surface area (Å²) < 4.78 is 5.00. The van der Waals surface area contributed by atoms with Crippen LogP contribution in [-0.2, 0) is 16.0 Å². The van der Waals surface area contributed by atoms with Crippen molar-refractivity contribution in [3.05, 3.63) is 29.8 Å². The molecular formula is C17H24O5. The summed E-state index contributed by atoms with van der Waals surface area (Å²) in [5, 5.41) is 28.1. The Hall–Kier alpha value is -2.17. The maximum atomic E-state index is 11.1. The van der Waals surface area contributed by atoms with Crippen LogP contribution in [0, 0.1) is 0 Å². The first kappa shape index (κ1) is 17.9. The summed E-state index contributed by atoms with van der Waals surface area (Å²) >= 11 is 0. The molecule has 1 aromatic carbocycles. The van der Waals surface area contributed by atoms with Gasteiger partial charge in [0.05, 0.1) is 6.61 Å². The van der Waals surface area contributed by atoms with Crippen LogP contribution in [0.25, 0.3) is 0 Å². The summed E-state index contributed by atoms with van der Waals surface area (Å²) in [6.07, 6.45) is 5.51. The lowest BCUT2D eigenvalue weighted by Crippen LogP contribution is -2.05. The van der Waals surface area contributed by atoms with Crippen LogP contribution < -0.4 is 0 Å². The highest BCUT2D eigenvalue weighted by molar-refractivity contribution is 5.86. The average molecular weight is 308 g/mol. The van der Waals surface area contributed by atoms with Crippen LogP contribution in [0.4, 0.5) is 0 Å². The molecule has 0 aliphatic rings. The van der Waals surface area contributed by atoms with Crippen molar-refractivity contribution < 1.29 is 24.9 Å². The smallest absolute Gasteiger partial charge is 0.333 e. The van der Waals surface area contributed by atoms with Gasteiger partial charge in [0.15, 0.2) is 17.2 Å². The van der Waals surface area contributed by atoms with Crippen molar-refractivity contribution >= 4 is 5.97 Å². The first-order valence-corrected chi connectivity index (χ1v) is 7.48. The minimum atomic E-state index is -0.479. The molecule has 0 heterocycles. The number of hydrogen-bond donors (Lipinski definition) is 3. The predicted molar refractivity (Wildman–Crippen MR) is 84.0 cm³/mol. The van der Waals surface area contributed by atoms with Gasteiger partial charge in [-0.05, 0) is 43.9 Å². The molecule has 0 aliphatic heterocycles. The van der Waals surface area contributed by atoms with Gasteiger partial charge in [-0.15, -0.1) is 0 Å². The van der Waals surface area contributed by atoms with Gasteiger partial charge in [0.1, 0.15) is 0 Å². The molecule has 5 nitrogen and oxygen atoms in total. The monoisotopic (exact) mass is 308 g/mol. The van der Waals surface area contributed by atoms with Gasteiger partial charge in [-0.25, -0.2) is 4.79 Å². The van der Waals surface area contributed by atoms with E-state index in [1.165, 1.54) is 12.1 Å². The maximum Gasteiger partial charge on any atom is 0.333 e. The Morgan fingerprint density at radius 2 is 1.59 bits per heavy atom. The second kappa shape index (κ2) is 8.97. The van der Waals surface area contributed by atoms with E-state index < -0.39 is 5.75 Å². The van der Waals surface area contributed by atoms with Gasteiger partial charge < -0.3 is 20.1 Å². The number of aryl methyl sites for hydroxylation is 1. The minimum Gasteiger partial charge on any atom is -0.504 e. The van der Waals surface area contributed by atoms with Crippen LogP contribution in [0.5, 0.6) is 17.2 Å². The Kier molecular flexibility index (Phi) is 7.29. The van der Waals surface area contributed by atoms with Crippen molar-refractivity contribution in [1.29, 1.82) is 0 Å². The van der Waals surface area contributed by atoms with Gasteiger partial charge in [-0.2, -0.15) is 0 Å². The zero-order chi connectivity index (χ0) is 16.5. The number of rotatable bonds is 9. The molecular weight excluding hydrogens is 284 g/mol. The van der Waals surface area contributed by atoms with E-state index in [0.29, 0.717) is 12.2 Å². The third-order valence-electron chi connectivity index (χ3n) is 3.32. The SMILES string of the molecule is C=C(C)C(=O)OCCCCCCCc1cc(O)c(O)c(O)c1. The molecule has 0 aromatic heterocycles. The Bertz CT molecular complexity index is 499. The highest BCUT2D eigenvalue weighted by Crippen LogP contribution is 2.35. The Balaban J connectivity index is 2.11. The molecule has 0 atom stereocenters.